The molecule has 2 fully saturated rings. The molecular weight excluding hydrogens is 571 g/mol. The number of imidazole rings is 1. The monoisotopic (exact) mass is 593 g/mol. The van der Waals surface area contributed by atoms with Crippen LogP contribution in [-0.2, 0) is 23.1 Å². The van der Waals surface area contributed by atoms with E-state index in [-0.39, 0.29) is 17.1 Å². The van der Waals surface area contributed by atoms with Gasteiger partial charge < -0.3 is 36.0 Å². The largest absolute Gasteiger partial charge is 0.472 e. The van der Waals surface area contributed by atoms with Crippen molar-refractivity contribution in [2.24, 2.45) is 0 Å². The highest BCUT2D eigenvalue weighted by molar-refractivity contribution is 7.47. The van der Waals surface area contributed by atoms with Crippen LogP contribution in [0.25, 0.3) is 11.2 Å². The molecule has 5 heterocycles. The molecule has 0 saturated carbocycles. The van der Waals surface area contributed by atoms with Gasteiger partial charge >= 0.3 is 13.5 Å². The summed E-state index contributed by atoms with van der Waals surface area (Å²) in [6, 6.07) is 0. The van der Waals surface area contributed by atoms with Gasteiger partial charge in [0.1, 0.15) is 30.7 Å². The summed E-state index contributed by atoms with van der Waals surface area (Å²) in [7, 11) is -5.17. The van der Waals surface area contributed by atoms with Crippen LogP contribution in [0.1, 0.15) is 12.5 Å². The Kier molecular flexibility index (Phi) is 7.39. The van der Waals surface area contributed by atoms with Crippen LogP contribution in [-0.4, -0.2) is 99.1 Å². The molecule has 40 heavy (non-hydrogen) atoms. The standard InChI is InChI=1S/C18H22F2N9O10P/c19-7-10(31)6(38-14(7)28-3-23-9-12(28)25-17(22)26-13(9)32)2-36-40(34,35)39-11-5(1-30)37-15(8(11)20)29-4-24-16(21)27-18(29)33/h3-8,10-11,14-15,30-31H,1-2H2,(H,34,35)(H2,21,27,33)(H3,22,25,26,32)/t5-,6-,7?,8?,10+,11+,14-,15-/m1/s1. The molecule has 2 saturated heterocycles. The quantitative estimate of drug-likeness (QED) is 0.144. The third-order valence-corrected chi connectivity index (χ3v) is 7.13. The van der Waals surface area contributed by atoms with Gasteiger partial charge in [-0.3, -0.25) is 28.0 Å². The lowest BCUT2D eigenvalue weighted by Crippen LogP contribution is -2.36. The number of ether oxygens (including phenoxy) is 2. The number of hydrogen-bond acceptors (Lipinski definition) is 15. The Labute approximate surface area is 219 Å². The molecular formula is C18H22F2N9O10P. The smallest absolute Gasteiger partial charge is 0.394 e. The number of aliphatic hydroxyl groups is 2. The maximum atomic E-state index is 15.2. The molecule has 22 heteroatoms. The van der Waals surface area contributed by atoms with Gasteiger partial charge in [-0.25, -0.2) is 28.1 Å². The van der Waals surface area contributed by atoms with Crippen LogP contribution < -0.4 is 22.7 Å². The van der Waals surface area contributed by atoms with Gasteiger partial charge in [-0.1, -0.05) is 0 Å². The van der Waals surface area contributed by atoms with Gasteiger partial charge in [-0.15, -0.1) is 0 Å². The van der Waals surface area contributed by atoms with Gasteiger partial charge in [0.25, 0.3) is 5.56 Å². The van der Waals surface area contributed by atoms with Gasteiger partial charge in [0.05, 0.1) is 19.5 Å². The molecule has 2 aliphatic rings. The molecule has 0 amide bonds. The van der Waals surface area contributed by atoms with E-state index >= 15 is 4.39 Å². The van der Waals surface area contributed by atoms with Crippen molar-refractivity contribution in [1.82, 2.24) is 34.1 Å². The van der Waals surface area contributed by atoms with E-state index in [9.17, 15) is 33.7 Å². The van der Waals surface area contributed by atoms with Crippen molar-refractivity contribution in [2.75, 3.05) is 24.7 Å². The summed E-state index contributed by atoms with van der Waals surface area (Å²) >= 11 is 0. The fourth-order valence-corrected chi connectivity index (χ4v) is 5.22. The molecule has 3 aromatic rings. The third kappa shape index (κ3) is 5.08. The molecule has 0 radical (unpaired) electrons. The highest BCUT2D eigenvalue weighted by atomic mass is 31.2. The lowest BCUT2D eigenvalue weighted by Gasteiger charge is -2.22. The van der Waals surface area contributed by atoms with E-state index in [0.29, 0.717) is 4.57 Å². The van der Waals surface area contributed by atoms with Gasteiger partial charge in [-0.05, 0) is 0 Å². The molecule has 0 spiro atoms. The van der Waals surface area contributed by atoms with E-state index in [1.54, 1.807) is 0 Å². The Balaban J connectivity index is 1.27. The van der Waals surface area contributed by atoms with E-state index < -0.39 is 87.4 Å². The Morgan fingerprint density at radius 2 is 1.75 bits per heavy atom. The number of hydrogen-bond donors (Lipinski definition) is 6. The number of anilines is 2. The Morgan fingerprint density at radius 1 is 1.07 bits per heavy atom. The molecule has 0 aliphatic carbocycles. The molecule has 2 aliphatic heterocycles. The molecule has 9 atom stereocenters. The van der Waals surface area contributed by atoms with Gasteiger partial charge in [0.2, 0.25) is 11.9 Å². The summed E-state index contributed by atoms with van der Waals surface area (Å²) in [6.07, 6.45) is -12.8. The topological polar surface area (TPSA) is 278 Å². The van der Waals surface area contributed by atoms with Crippen LogP contribution in [0.4, 0.5) is 20.7 Å². The van der Waals surface area contributed by atoms with Crippen LogP contribution in [0, 0.1) is 0 Å². The highest BCUT2D eigenvalue weighted by Gasteiger charge is 2.51. The van der Waals surface area contributed by atoms with Crippen LogP contribution >= 0.6 is 7.82 Å². The van der Waals surface area contributed by atoms with Gasteiger partial charge in [0, 0.05) is 0 Å². The maximum absolute atomic E-state index is 15.2. The average Bonchev–Trinajstić information content (AvgIpc) is 3.53. The van der Waals surface area contributed by atoms with Crippen molar-refractivity contribution < 1.29 is 47.0 Å². The summed E-state index contributed by atoms with van der Waals surface area (Å²) in [5.41, 5.74) is 8.75. The minimum Gasteiger partial charge on any atom is -0.394 e. The minimum atomic E-state index is -5.17. The summed E-state index contributed by atoms with van der Waals surface area (Å²) in [5.74, 6) is -0.676. The average molecular weight is 593 g/mol. The van der Waals surface area contributed by atoms with Crippen molar-refractivity contribution in [3.05, 3.63) is 33.5 Å². The number of aliphatic hydroxyl groups excluding tert-OH is 2. The molecule has 0 bridgehead atoms. The number of phosphoric ester groups is 1. The van der Waals surface area contributed by atoms with Crippen LogP contribution in [0.5, 0.6) is 0 Å². The molecule has 3 unspecified atom stereocenters. The van der Waals surface area contributed by atoms with Crippen molar-refractivity contribution >= 4 is 30.9 Å². The summed E-state index contributed by atoms with van der Waals surface area (Å²) < 4.78 is 64.7. The fourth-order valence-electron chi connectivity index (χ4n) is 4.27. The van der Waals surface area contributed by atoms with Crippen molar-refractivity contribution in [3.63, 3.8) is 0 Å². The highest BCUT2D eigenvalue weighted by Crippen LogP contribution is 2.49. The lowest BCUT2D eigenvalue weighted by atomic mass is 10.1. The Hall–Kier alpha value is -3.43. The lowest BCUT2D eigenvalue weighted by molar-refractivity contribution is -0.0576. The first kappa shape index (κ1) is 28.1. The number of aromatic nitrogens is 7. The second-order valence-electron chi connectivity index (χ2n) is 8.71. The van der Waals surface area contributed by atoms with Crippen LogP contribution in [0.3, 0.4) is 0 Å². The first-order chi connectivity index (χ1) is 18.9. The fraction of sp³-hybridized carbons (Fsp3) is 0.556. The van der Waals surface area contributed by atoms with Crippen LogP contribution in [0.15, 0.2) is 22.2 Å². The number of nitrogens with zero attached hydrogens (tertiary/aromatic N) is 6. The van der Waals surface area contributed by atoms with Crippen molar-refractivity contribution in [2.45, 2.75) is 49.2 Å². The Bertz CT molecular complexity index is 1570. The number of H-pyrrole nitrogens is 1. The van der Waals surface area contributed by atoms with Crippen molar-refractivity contribution in [3.8, 4) is 0 Å². The zero-order valence-corrected chi connectivity index (χ0v) is 20.8. The number of phosphoric acid groups is 1. The normalized spacial score (nSPS) is 32.0. The predicted molar refractivity (Wildman–Crippen MR) is 125 cm³/mol. The predicted octanol–water partition coefficient (Wildman–Crippen LogP) is -2.74. The maximum Gasteiger partial charge on any atom is 0.472 e. The third-order valence-electron chi connectivity index (χ3n) is 6.14. The summed E-state index contributed by atoms with van der Waals surface area (Å²) in [5, 5.41) is 19.9. The number of nitrogens with one attached hydrogen (secondary N) is 1. The minimum absolute atomic E-state index is 0.149. The molecule has 19 nitrogen and oxygen atoms in total. The molecule has 8 N–H and O–H groups in total. The van der Waals surface area contributed by atoms with Crippen LogP contribution in [0.2, 0.25) is 0 Å². The second-order valence-corrected chi connectivity index (χ2v) is 10.1. The Morgan fingerprint density at radius 3 is 2.45 bits per heavy atom. The van der Waals surface area contributed by atoms with E-state index in [1.807, 2.05) is 0 Å². The van der Waals surface area contributed by atoms with E-state index in [0.717, 1.165) is 17.2 Å². The summed E-state index contributed by atoms with van der Waals surface area (Å²) in [6.45, 7) is -1.81. The number of aromatic amines is 1. The number of halogens is 2. The second kappa shape index (κ2) is 10.5. The number of nitrogens with two attached hydrogens (primary N) is 2. The SMILES string of the molecule is Nc1ncn([C@@H]2O[C@H](CO)[C@H](OP(=O)(O)OC[C@H]3O[C@@H](n4cnc5c(=O)[nH]c(N)nc54)C(F)[C@H]3O)C2F)c(=O)n1. The summed E-state index contributed by atoms with van der Waals surface area (Å²) in [4.78, 5) is 51.0. The van der Waals surface area contributed by atoms with E-state index in [2.05, 4.69) is 24.9 Å². The number of alkyl halides is 2. The molecule has 5 rings (SSSR count). The number of rotatable bonds is 8. The first-order valence-electron chi connectivity index (χ1n) is 11.4. The van der Waals surface area contributed by atoms with Crippen molar-refractivity contribution in [1.29, 1.82) is 0 Å². The zero-order valence-electron chi connectivity index (χ0n) is 19.9. The zero-order chi connectivity index (χ0) is 28.9. The molecule has 3 aromatic heterocycles. The number of nitrogen functional groups attached to an aromatic ring is 2. The van der Waals surface area contributed by atoms with E-state index in [4.69, 9.17) is 30.0 Å². The first-order valence-corrected chi connectivity index (χ1v) is 12.9. The van der Waals surface area contributed by atoms with Gasteiger partial charge in [-0.2, -0.15) is 9.97 Å². The van der Waals surface area contributed by atoms with Gasteiger partial charge in [0.15, 0.2) is 36.0 Å². The molecule has 218 valence electrons. The van der Waals surface area contributed by atoms with E-state index in [1.165, 1.54) is 0 Å². The molecule has 0 aromatic carbocycles. The number of fused-ring (bicyclic) bond motifs is 1.